The lowest BCUT2D eigenvalue weighted by Crippen LogP contribution is -2.43. The molecule has 4 aliphatic rings. The van der Waals surface area contributed by atoms with Gasteiger partial charge in [-0.25, -0.2) is 29.5 Å². The number of likely N-dealkylation sites (tertiary alicyclic amines) is 2. The number of aromatic nitrogens is 4. The zero-order valence-corrected chi connectivity index (χ0v) is 33.1. The van der Waals surface area contributed by atoms with Gasteiger partial charge in [0, 0.05) is 50.4 Å². The first kappa shape index (κ1) is 45.2. The van der Waals surface area contributed by atoms with E-state index in [9.17, 15) is 45.5 Å². The summed E-state index contributed by atoms with van der Waals surface area (Å²) in [6.07, 6.45) is -3.33. The van der Waals surface area contributed by atoms with Gasteiger partial charge in [0.15, 0.2) is 0 Å². The van der Waals surface area contributed by atoms with Gasteiger partial charge in [-0.15, -0.1) is 0 Å². The number of halogens is 7. The first-order valence-electron chi connectivity index (χ1n) is 18.2. The number of alkyl halides is 6. The molecule has 57 heavy (non-hydrogen) atoms. The number of nitrogens with one attached hydrogen (secondary N) is 1. The van der Waals surface area contributed by atoms with E-state index in [4.69, 9.17) is 26.8 Å². The van der Waals surface area contributed by atoms with Crippen LogP contribution in [0.4, 0.5) is 47.6 Å². The number of ether oxygens (including phenoxy) is 2. The first-order valence-corrected chi connectivity index (χ1v) is 18.5. The van der Waals surface area contributed by atoms with Gasteiger partial charge in [-0.3, -0.25) is 9.59 Å². The molecule has 4 heterocycles. The van der Waals surface area contributed by atoms with Crippen molar-refractivity contribution in [2.45, 2.75) is 104 Å². The molecule has 3 amide bonds. The molecule has 4 fully saturated rings. The van der Waals surface area contributed by atoms with Crippen molar-refractivity contribution < 1.29 is 55.0 Å². The van der Waals surface area contributed by atoms with Gasteiger partial charge in [-0.2, -0.15) is 26.3 Å². The van der Waals surface area contributed by atoms with Crippen molar-refractivity contribution in [3.8, 4) is 0 Å². The van der Waals surface area contributed by atoms with Gasteiger partial charge in [-0.1, -0.05) is 0 Å². The number of hydrogen-bond donors (Lipinski definition) is 2. The summed E-state index contributed by atoms with van der Waals surface area (Å²) in [5.41, 5.74) is 3.85. The molecule has 2 saturated carbocycles. The molecule has 2 unspecified atom stereocenters. The largest absolute Gasteiger partial charge is 0.451 e. The van der Waals surface area contributed by atoms with E-state index in [2.05, 4.69) is 25.3 Å². The second-order valence-electron chi connectivity index (χ2n) is 16.5. The van der Waals surface area contributed by atoms with Crippen LogP contribution in [0.25, 0.3) is 0 Å². The number of nitrogens with two attached hydrogens (primary N) is 1. The van der Waals surface area contributed by atoms with Crippen LogP contribution in [0, 0.1) is 22.7 Å². The summed E-state index contributed by atoms with van der Waals surface area (Å²) in [5.74, 6) is -3.48. The van der Waals surface area contributed by atoms with Crippen molar-refractivity contribution in [2.75, 3.05) is 37.2 Å². The Morgan fingerprint density at radius 3 is 1.49 bits per heavy atom. The van der Waals surface area contributed by atoms with Gasteiger partial charge < -0.3 is 30.3 Å². The van der Waals surface area contributed by atoms with Crippen LogP contribution in [0.1, 0.15) is 91.7 Å². The molecule has 2 saturated heterocycles. The fraction of sp³-hybridized carbons (Fsp3) is 0.667. The molecular formula is C36H47ClF6N8O6. The minimum Gasteiger partial charge on any atom is -0.444 e. The third-order valence-corrected chi connectivity index (χ3v) is 10.1. The molecule has 2 aromatic heterocycles. The lowest BCUT2D eigenvalue weighted by Gasteiger charge is -2.34. The number of carbonyl (C=O) groups is 4. The van der Waals surface area contributed by atoms with Crippen LogP contribution in [0.5, 0.6) is 0 Å². The van der Waals surface area contributed by atoms with E-state index in [1.165, 1.54) is 12.1 Å². The molecule has 2 aromatic rings. The number of anilines is 2. The van der Waals surface area contributed by atoms with Gasteiger partial charge in [0.2, 0.25) is 22.8 Å². The molecular weight excluding hydrogens is 790 g/mol. The highest BCUT2D eigenvalue weighted by Crippen LogP contribution is 2.61. The van der Waals surface area contributed by atoms with Crippen molar-refractivity contribution in [3.05, 3.63) is 36.2 Å². The van der Waals surface area contributed by atoms with Crippen LogP contribution < -0.4 is 11.1 Å². The molecule has 0 aromatic carbocycles. The van der Waals surface area contributed by atoms with Crippen LogP contribution >= 0.6 is 11.6 Å². The van der Waals surface area contributed by atoms with E-state index in [0.717, 1.165) is 31.7 Å². The average Bonchev–Trinajstić information content (AvgIpc) is 3.98. The third-order valence-electron chi connectivity index (χ3n) is 9.88. The number of carbonyl (C=O) groups excluding carboxylic acids is 4. The standard InChI is InChI=1S/C18H23F3N4O3.C13H20ClNO3.C5H4F3N3/c1-16(2,3)28-15(27)25-8-5-17(6-9-25)10-11(17)13(26)23-12-4-7-22-14(24-12)18(19,20)21;1-12(2,3)18-11(17)15-6-4-13(5-7-15)8-9(13)10(14)16;6-5(7,8)4-10-2-1-3(9)11-4/h4,7,11H,5-6,8-10H2,1-3H3,(H,22,23,24,26);9H,4-8H2,1-3H3;1-2H,(H2,9,10,11). The Labute approximate surface area is 330 Å². The SMILES string of the molecule is CC(C)(C)OC(=O)N1CCC2(CC1)CC2C(=O)Cl.CC(C)(C)OC(=O)N1CCC2(CC1)CC2C(=O)Nc1ccnc(C(F)(F)F)n1.Nc1ccnc(C(F)(F)F)n1. The average molecular weight is 837 g/mol. The number of nitrogen functional groups attached to an aromatic ring is 1. The minimum atomic E-state index is -4.67. The Bertz CT molecular complexity index is 1790. The van der Waals surface area contributed by atoms with E-state index in [0.29, 0.717) is 45.4 Å². The molecule has 316 valence electrons. The lowest BCUT2D eigenvalue weighted by molar-refractivity contribution is -0.145. The maximum absolute atomic E-state index is 12.7. The minimum absolute atomic E-state index is 0.0138. The number of nitrogens with zero attached hydrogens (tertiary/aromatic N) is 6. The Hall–Kier alpha value is -4.49. The molecule has 0 radical (unpaired) electrons. The number of rotatable bonds is 3. The second kappa shape index (κ2) is 16.8. The summed E-state index contributed by atoms with van der Waals surface area (Å²) < 4.78 is 84.1. The molecule has 2 aliphatic carbocycles. The van der Waals surface area contributed by atoms with Crippen LogP contribution in [-0.4, -0.2) is 90.5 Å². The van der Waals surface area contributed by atoms with Crippen molar-refractivity contribution >= 4 is 46.6 Å². The number of piperidine rings is 2. The van der Waals surface area contributed by atoms with Crippen molar-refractivity contribution in [1.82, 2.24) is 29.7 Å². The first-order chi connectivity index (χ1) is 26.1. The molecule has 0 bridgehead atoms. The highest BCUT2D eigenvalue weighted by Gasteiger charge is 2.59. The summed E-state index contributed by atoms with van der Waals surface area (Å²) >= 11 is 5.54. The molecule has 2 aliphatic heterocycles. The van der Waals surface area contributed by atoms with Crippen LogP contribution in [0.15, 0.2) is 24.5 Å². The number of hydrogen-bond acceptors (Lipinski definition) is 11. The zero-order valence-electron chi connectivity index (χ0n) is 32.4. The van der Waals surface area contributed by atoms with E-state index < -0.39 is 35.2 Å². The quantitative estimate of drug-likeness (QED) is 0.233. The topological polar surface area (TPSA) is 183 Å². The highest BCUT2D eigenvalue weighted by molar-refractivity contribution is 6.64. The van der Waals surface area contributed by atoms with Crippen LogP contribution in [-0.2, 0) is 31.4 Å². The van der Waals surface area contributed by atoms with Crippen LogP contribution in [0.3, 0.4) is 0 Å². The summed E-state index contributed by atoms with van der Waals surface area (Å²) in [6, 6.07) is 2.42. The maximum Gasteiger partial charge on any atom is 0.451 e. The monoisotopic (exact) mass is 836 g/mol. The lowest BCUT2D eigenvalue weighted by atomic mass is 9.91. The van der Waals surface area contributed by atoms with Crippen molar-refractivity contribution in [2.24, 2.45) is 22.7 Å². The molecule has 3 N–H and O–H groups in total. The smallest absolute Gasteiger partial charge is 0.444 e. The van der Waals surface area contributed by atoms with Crippen molar-refractivity contribution in [3.63, 3.8) is 0 Å². The Kier molecular flexibility index (Phi) is 13.3. The van der Waals surface area contributed by atoms with E-state index in [1.807, 2.05) is 20.8 Å². The Morgan fingerprint density at radius 2 is 1.12 bits per heavy atom. The summed E-state index contributed by atoms with van der Waals surface area (Å²) in [5, 5.41) is 2.24. The number of amides is 3. The van der Waals surface area contributed by atoms with E-state index in [1.54, 1.807) is 30.6 Å². The molecule has 14 nitrogen and oxygen atoms in total. The summed E-state index contributed by atoms with van der Waals surface area (Å²) in [4.78, 5) is 63.5. The predicted molar refractivity (Wildman–Crippen MR) is 193 cm³/mol. The van der Waals surface area contributed by atoms with Gasteiger partial charge in [0.25, 0.3) is 0 Å². The molecule has 6 rings (SSSR count). The predicted octanol–water partition coefficient (Wildman–Crippen LogP) is 7.34. The fourth-order valence-corrected chi connectivity index (χ4v) is 7.01. The highest BCUT2D eigenvalue weighted by atomic mass is 35.5. The zero-order chi connectivity index (χ0) is 42.8. The van der Waals surface area contributed by atoms with Gasteiger partial charge >= 0.3 is 24.5 Å². The second-order valence-corrected chi connectivity index (χ2v) is 16.9. The van der Waals surface area contributed by atoms with Crippen molar-refractivity contribution in [1.29, 1.82) is 0 Å². The summed E-state index contributed by atoms with van der Waals surface area (Å²) in [6.45, 7) is 13.3. The van der Waals surface area contributed by atoms with Gasteiger partial charge in [0.05, 0.1) is 0 Å². The van der Waals surface area contributed by atoms with Crippen LogP contribution in [0.2, 0.25) is 0 Å². The maximum atomic E-state index is 12.7. The van der Waals surface area contributed by atoms with E-state index >= 15 is 0 Å². The summed E-state index contributed by atoms with van der Waals surface area (Å²) in [7, 11) is 0. The van der Waals surface area contributed by atoms with E-state index in [-0.39, 0.29) is 57.6 Å². The molecule has 2 spiro atoms. The third kappa shape index (κ3) is 12.8. The van der Waals surface area contributed by atoms with Gasteiger partial charge in [-0.05, 0) is 115 Å². The Morgan fingerprint density at radius 1 is 0.719 bits per heavy atom. The van der Waals surface area contributed by atoms with Gasteiger partial charge in [0.1, 0.15) is 22.8 Å². The fourth-order valence-electron chi connectivity index (χ4n) is 6.70. The molecule has 2 atom stereocenters. The molecule has 21 heteroatoms. The normalized spacial score (nSPS) is 20.9. The Balaban J connectivity index is 0.000000211.